The first-order valence-electron chi connectivity index (χ1n) is 7.19. The molecular formula is C16H23NO3. The summed E-state index contributed by atoms with van der Waals surface area (Å²) in [5.74, 6) is 0.793. The molecule has 0 aliphatic heterocycles. The maximum atomic E-state index is 12.6. The first kappa shape index (κ1) is 14.9. The minimum Gasteiger partial charge on any atom is -0.497 e. The fourth-order valence-electron chi connectivity index (χ4n) is 2.96. The van der Waals surface area contributed by atoms with Crippen molar-refractivity contribution in [1.29, 1.82) is 0 Å². The van der Waals surface area contributed by atoms with E-state index in [4.69, 9.17) is 4.74 Å². The molecule has 110 valence electrons. The summed E-state index contributed by atoms with van der Waals surface area (Å²) in [4.78, 5) is 12.6. The molecule has 0 spiro atoms. The molecule has 1 atom stereocenters. The van der Waals surface area contributed by atoms with Gasteiger partial charge in [0.1, 0.15) is 5.75 Å². The van der Waals surface area contributed by atoms with E-state index < -0.39 is 11.5 Å². The van der Waals surface area contributed by atoms with Gasteiger partial charge in [-0.25, -0.2) is 0 Å². The number of carbonyl (C=O) groups is 1. The Kier molecular flexibility index (Phi) is 4.65. The van der Waals surface area contributed by atoms with Crippen LogP contribution in [-0.4, -0.2) is 30.8 Å². The Morgan fingerprint density at radius 2 is 2.15 bits per heavy atom. The number of ether oxygens (including phenoxy) is 1. The zero-order chi connectivity index (χ0) is 14.6. The largest absolute Gasteiger partial charge is 0.497 e. The molecule has 1 aromatic carbocycles. The van der Waals surface area contributed by atoms with Crippen molar-refractivity contribution < 1.29 is 14.6 Å². The third kappa shape index (κ3) is 2.96. The summed E-state index contributed by atoms with van der Waals surface area (Å²) >= 11 is 0. The van der Waals surface area contributed by atoms with E-state index in [1.54, 1.807) is 14.0 Å². The highest BCUT2D eigenvalue weighted by atomic mass is 16.5. The van der Waals surface area contributed by atoms with Crippen LogP contribution < -0.4 is 10.1 Å². The topological polar surface area (TPSA) is 58.6 Å². The number of methoxy groups -OCH3 is 1. The van der Waals surface area contributed by atoms with Crippen LogP contribution in [0.4, 0.5) is 0 Å². The second-order valence-electron chi connectivity index (χ2n) is 5.58. The van der Waals surface area contributed by atoms with Crippen LogP contribution in [0.25, 0.3) is 0 Å². The lowest BCUT2D eigenvalue weighted by molar-refractivity contribution is -0.127. The lowest BCUT2D eigenvalue weighted by Gasteiger charge is -2.29. The Labute approximate surface area is 120 Å². The van der Waals surface area contributed by atoms with Gasteiger partial charge in [-0.1, -0.05) is 25.0 Å². The Hall–Kier alpha value is -1.55. The van der Waals surface area contributed by atoms with Gasteiger partial charge in [-0.05, 0) is 37.5 Å². The highest BCUT2D eigenvalue weighted by Crippen LogP contribution is 2.42. The van der Waals surface area contributed by atoms with Crippen LogP contribution in [0.5, 0.6) is 5.75 Å². The number of aliphatic hydroxyl groups is 1. The van der Waals surface area contributed by atoms with Crippen molar-refractivity contribution in [2.24, 2.45) is 0 Å². The first-order chi connectivity index (χ1) is 9.58. The van der Waals surface area contributed by atoms with Gasteiger partial charge in [0.25, 0.3) is 0 Å². The summed E-state index contributed by atoms with van der Waals surface area (Å²) in [5.41, 5.74) is 0.543. The number of rotatable bonds is 5. The summed E-state index contributed by atoms with van der Waals surface area (Å²) in [6.45, 7) is 1.97. The van der Waals surface area contributed by atoms with E-state index in [-0.39, 0.29) is 5.91 Å². The van der Waals surface area contributed by atoms with Gasteiger partial charge in [0, 0.05) is 6.54 Å². The number of benzene rings is 1. The Morgan fingerprint density at radius 3 is 2.75 bits per heavy atom. The molecule has 1 aromatic rings. The third-order valence-corrected chi connectivity index (χ3v) is 4.07. The molecule has 1 fully saturated rings. The summed E-state index contributed by atoms with van der Waals surface area (Å²) in [6, 6.07) is 7.76. The van der Waals surface area contributed by atoms with Crippen molar-refractivity contribution >= 4 is 5.91 Å². The van der Waals surface area contributed by atoms with Crippen LogP contribution in [0, 0.1) is 0 Å². The van der Waals surface area contributed by atoms with Gasteiger partial charge in [-0.3, -0.25) is 4.79 Å². The molecule has 1 unspecified atom stereocenters. The molecular weight excluding hydrogens is 254 g/mol. The van der Waals surface area contributed by atoms with Crippen molar-refractivity contribution in [2.75, 3.05) is 13.7 Å². The van der Waals surface area contributed by atoms with Crippen LogP contribution in [-0.2, 0) is 10.2 Å². The Bertz CT molecular complexity index is 465. The van der Waals surface area contributed by atoms with Gasteiger partial charge in [0.05, 0.1) is 18.6 Å². The SMILES string of the molecule is COc1cccc(C2(C(=O)NCC(C)O)CCCC2)c1. The highest BCUT2D eigenvalue weighted by Gasteiger charge is 2.42. The monoisotopic (exact) mass is 277 g/mol. The summed E-state index contributed by atoms with van der Waals surface area (Å²) in [7, 11) is 1.63. The Morgan fingerprint density at radius 1 is 1.45 bits per heavy atom. The summed E-state index contributed by atoms with van der Waals surface area (Å²) < 4.78 is 5.27. The van der Waals surface area contributed by atoms with Crippen molar-refractivity contribution in [3.8, 4) is 5.75 Å². The number of aliphatic hydroxyl groups excluding tert-OH is 1. The smallest absolute Gasteiger partial charge is 0.230 e. The predicted molar refractivity (Wildman–Crippen MR) is 77.8 cm³/mol. The van der Waals surface area contributed by atoms with Crippen LogP contribution in [0.15, 0.2) is 24.3 Å². The summed E-state index contributed by atoms with van der Waals surface area (Å²) in [6.07, 6.45) is 3.29. The van der Waals surface area contributed by atoms with Crippen LogP contribution in [0.3, 0.4) is 0 Å². The lowest BCUT2D eigenvalue weighted by Crippen LogP contribution is -2.44. The molecule has 4 nitrogen and oxygen atoms in total. The van der Waals surface area contributed by atoms with E-state index in [0.29, 0.717) is 6.54 Å². The van der Waals surface area contributed by atoms with Gasteiger partial charge in [-0.2, -0.15) is 0 Å². The average Bonchev–Trinajstić information content (AvgIpc) is 2.95. The van der Waals surface area contributed by atoms with Crippen molar-refractivity contribution in [2.45, 2.75) is 44.1 Å². The normalized spacial score (nSPS) is 18.6. The predicted octanol–water partition coefficient (Wildman–Crippen LogP) is 2.00. The average molecular weight is 277 g/mol. The molecule has 1 aliphatic rings. The zero-order valence-electron chi connectivity index (χ0n) is 12.2. The number of carbonyl (C=O) groups excluding carboxylic acids is 1. The van der Waals surface area contributed by atoms with Gasteiger partial charge in [0.2, 0.25) is 5.91 Å². The molecule has 2 N–H and O–H groups in total. The number of hydrogen-bond donors (Lipinski definition) is 2. The minimum absolute atomic E-state index is 0.0177. The molecule has 4 heteroatoms. The first-order valence-corrected chi connectivity index (χ1v) is 7.19. The van der Waals surface area contributed by atoms with E-state index in [1.165, 1.54) is 0 Å². The lowest BCUT2D eigenvalue weighted by atomic mass is 9.78. The standard InChI is InChI=1S/C16H23NO3/c1-12(18)11-17-15(19)16(8-3-4-9-16)13-6-5-7-14(10-13)20-2/h5-7,10,12,18H,3-4,8-9,11H2,1-2H3,(H,17,19). The van der Waals surface area contributed by atoms with Gasteiger partial charge < -0.3 is 15.2 Å². The molecule has 1 saturated carbocycles. The number of nitrogens with one attached hydrogen (secondary N) is 1. The molecule has 0 aromatic heterocycles. The van der Waals surface area contributed by atoms with E-state index in [9.17, 15) is 9.90 Å². The molecule has 0 saturated heterocycles. The maximum Gasteiger partial charge on any atom is 0.230 e. The Balaban J connectivity index is 2.26. The molecule has 0 bridgehead atoms. The maximum absolute atomic E-state index is 12.6. The van der Waals surface area contributed by atoms with Gasteiger partial charge in [0.15, 0.2) is 0 Å². The number of amides is 1. The minimum atomic E-state index is -0.525. The fourth-order valence-corrected chi connectivity index (χ4v) is 2.96. The van der Waals surface area contributed by atoms with E-state index in [2.05, 4.69) is 5.32 Å². The molecule has 0 heterocycles. The molecule has 2 rings (SSSR count). The molecule has 0 radical (unpaired) electrons. The second kappa shape index (κ2) is 6.27. The van der Waals surface area contributed by atoms with Gasteiger partial charge >= 0.3 is 0 Å². The molecule has 1 amide bonds. The second-order valence-corrected chi connectivity index (χ2v) is 5.58. The summed E-state index contributed by atoms with van der Waals surface area (Å²) in [5, 5.41) is 12.2. The van der Waals surface area contributed by atoms with Crippen LogP contribution >= 0.6 is 0 Å². The quantitative estimate of drug-likeness (QED) is 0.865. The van der Waals surface area contributed by atoms with Crippen molar-refractivity contribution in [1.82, 2.24) is 5.32 Å². The fraction of sp³-hybridized carbons (Fsp3) is 0.562. The molecule has 20 heavy (non-hydrogen) atoms. The number of hydrogen-bond acceptors (Lipinski definition) is 3. The van der Waals surface area contributed by atoms with E-state index in [0.717, 1.165) is 37.0 Å². The highest BCUT2D eigenvalue weighted by molar-refractivity contribution is 5.88. The third-order valence-electron chi connectivity index (χ3n) is 4.07. The van der Waals surface area contributed by atoms with E-state index in [1.807, 2.05) is 24.3 Å². The van der Waals surface area contributed by atoms with E-state index >= 15 is 0 Å². The van der Waals surface area contributed by atoms with Crippen LogP contribution in [0.2, 0.25) is 0 Å². The van der Waals surface area contributed by atoms with Crippen LogP contribution in [0.1, 0.15) is 38.2 Å². The zero-order valence-corrected chi connectivity index (χ0v) is 12.2. The van der Waals surface area contributed by atoms with Gasteiger partial charge in [-0.15, -0.1) is 0 Å². The van der Waals surface area contributed by atoms with Crippen molar-refractivity contribution in [3.63, 3.8) is 0 Å². The molecule has 1 aliphatic carbocycles. The van der Waals surface area contributed by atoms with Crippen molar-refractivity contribution in [3.05, 3.63) is 29.8 Å².